The summed E-state index contributed by atoms with van der Waals surface area (Å²) in [6.45, 7) is 0. The molecule has 0 saturated heterocycles. The van der Waals surface area contributed by atoms with E-state index in [4.69, 9.17) is 0 Å². The molecule has 2 aromatic carbocycles. The van der Waals surface area contributed by atoms with E-state index in [2.05, 4.69) is 15.9 Å². The van der Waals surface area contributed by atoms with Crippen LogP contribution < -0.4 is 0 Å². The van der Waals surface area contributed by atoms with Crippen molar-refractivity contribution in [2.24, 2.45) is 0 Å². The van der Waals surface area contributed by atoms with Gasteiger partial charge in [-0.3, -0.25) is 0 Å². The van der Waals surface area contributed by atoms with Crippen LogP contribution in [-0.4, -0.2) is 17.0 Å². The molecule has 0 radical (unpaired) electrons. The molecule has 2 aromatic rings. The summed E-state index contributed by atoms with van der Waals surface area (Å²) < 4.78 is 27.1. The van der Waals surface area contributed by atoms with Crippen molar-refractivity contribution < 1.29 is 13.9 Å². The molecule has 0 aromatic heterocycles. The maximum Gasteiger partial charge on any atom is 0.126 e. The average molecular weight is 359 g/mol. The lowest BCUT2D eigenvalue weighted by Gasteiger charge is -2.11. The molecule has 0 heterocycles. The summed E-state index contributed by atoms with van der Waals surface area (Å²) in [6.07, 6.45) is -0.421. The molecule has 1 unspecified atom stereocenters. The van der Waals surface area contributed by atoms with Crippen molar-refractivity contribution in [3.63, 3.8) is 0 Å². The van der Waals surface area contributed by atoms with Crippen molar-refractivity contribution in [2.75, 3.05) is 5.75 Å². The lowest BCUT2D eigenvalue weighted by atomic mass is 10.1. The smallest absolute Gasteiger partial charge is 0.126 e. The van der Waals surface area contributed by atoms with Crippen molar-refractivity contribution >= 4 is 27.7 Å². The van der Waals surface area contributed by atoms with Gasteiger partial charge >= 0.3 is 0 Å². The topological polar surface area (TPSA) is 20.2 Å². The Balaban J connectivity index is 1.90. The SMILES string of the molecule is OC(CSc1cccc(Br)c1)Cc1cc(F)cc(F)c1. The van der Waals surface area contributed by atoms with E-state index in [9.17, 15) is 13.9 Å². The Morgan fingerprint density at radius 3 is 2.45 bits per heavy atom. The highest BCUT2D eigenvalue weighted by atomic mass is 79.9. The predicted octanol–water partition coefficient (Wildman–Crippen LogP) is 4.42. The van der Waals surface area contributed by atoms with Crippen molar-refractivity contribution in [3.05, 3.63) is 64.1 Å². The van der Waals surface area contributed by atoms with Gasteiger partial charge in [-0.05, 0) is 42.3 Å². The Kier molecular flexibility index (Phi) is 5.57. The van der Waals surface area contributed by atoms with Crippen molar-refractivity contribution in [1.82, 2.24) is 0 Å². The first-order chi connectivity index (χ1) is 9.52. The number of rotatable bonds is 5. The van der Waals surface area contributed by atoms with E-state index in [0.717, 1.165) is 15.4 Å². The van der Waals surface area contributed by atoms with Gasteiger partial charge in [0.05, 0.1) is 6.10 Å². The fourth-order valence-corrected chi connectivity index (χ4v) is 3.25. The van der Waals surface area contributed by atoms with Crippen LogP contribution in [0.1, 0.15) is 5.56 Å². The summed E-state index contributed by atoms with van der Waals surface area (Å²) in [5.41, 5.74) is 0.463. The van der Waals surface area contributed by atoms with E-state index in [1.807, 2.05) is 24.3 Å². The summed E-state index contributed by atoms with van der Waals surface area (Å²) >= 11 is 4.88. The van der Waals surface area contributed by atoms with Gasteiger partial charge in [-0.15, -0.1) is 11.8 Å². The molecular formula is C15H13BrF2OS. The maximum atomic E-state index is 13.0. The number of aliphatic hydroxyl groups excluding tert-OH is 1. The third-order valence-electron chi connectivity index (χ3n) is 2.63. The minimum absolute atomic E-state index is 0.232. The maximum absolute atomic E-state index is 13.0. The molecule has 20 heavy (non-hydrogen) atoms. The summed E-state index contributed by atoms with van der Waals surface area (Å²) in [5.74, 6) is -0.770. The van der Waals surface area contributed by atoms with E-state index in [-0.39, 0.29) is 6.42 Å². The largest absolute Gasteiger partial charge is 0.392 e. The fraction of sp³-hybridized carbons (Fsp3) is 0.200. The standard InChI is InChI=1S/C15H13BrF2OS/c16-11-2-1-3-15(7-11)20-9-14(19)6-10-4-12(17)8-13(18)5-10/h1-5,7-8,14,19H,6,9H2. The highest BCUT2D eigenvalue weighted by Crippen LogP contribution is 2.23. The van der Waals surface area contributed by atoms with E-state index in [1.165, 1.54) is 23.9 Å². The van der Waals surface area contributed by atoms with Crippen LogP contribution in [0.25, 0.3) is 0 Å². The molecule has 5 heteroatoms. The lowest BCUT2D eigenvalue weighted by Crippen LogP contribution is -2.13. The van der Waals surface area contributed by atoms with Crippen LogP contribution in [0.5, 0.6) is 0 Å². The molecule has 2 rings (SSSR count). The normalized spacial score (nSPS) is 12.4. The second kappa shape index (κ2) is 7.20. The van der Waals surface area contributed by atoms with Gasteiger partial charge in [0.15, 0.2) is 0 Å². The third kappa shape index (κ3) is 4.89. The van der Waals surface area contributed by atoms with Gasteiger partial charge in [-0.25, -0.2) is 8.78 Å². The molecule has 0 spiro atoms. The lowest BCUT2D eigenvalue weighted by molar-refractivity contribution is 0.200. The van der Waals surface area contributed by atoms with Gasteiger partial charge in [0.1, 0.15) is 11.6 Å². The summed E-state index contributed by atoms with van der Waals surface area (Å²) in [6, 6.07) is 11.1. The number of aliphatic hydroxyl groups is 1. The third-order valence-corrected chi connectivity index (χ3v) is 4.26. The highest BCUT2D eigenvalue weighted by Gasteiger charge is 2.09. The molecule has 0 saturated carbocycles. The Morgan fingerprint density at radius 1 is 1.10 bits per heavy atom. The molecule has 0 aliphatic heterocycles. The number of halogens is 3. The summed E-state index contributed by atoms with van der Waals surface area (Å²) in [5, 5.41) is 9.94. The van der Waals surface area contributed by atoms with Crippen LogP contribution in [0.4, 0.5) is 8.78 Å². The van der Waals surface area contributed by atoms with Crippen LogP contribution in [0.3, 0.4) is 0 Å². The quantitative estimate of drug-likeness (QED) is 0.798. The van der Waals surface area contributed by atoms with Crippen LogP contribution in [-0.2, 0) is 6.42 Å². The molecule has 0 amide bonds. The van der Waals surface area contributed by atoms with Gasteiger partial charge in [0.25, 0.3) is 0 Å². The first kappa shape index (κ1) is 15.5. The van der Waals surface area contributed by atoms with Crippen molar-refractivity contribution in [1.29, 1.82) is 0 Å². The zero-order valence-electron chi connectivity index (χ0n) is 10.5. The van der Waals surface area contributed by atoms with E-state index in [1.54, 1.807) is 0 Å². The first-order valence-electron chi connectivity index (χ1n) is 6.04. The Morgan fingerprint density at radius 2 is 1.80 bits per heavy atom. The molecule has 0 bridgehead atoms. The number of hydrogen-bond donors (Lipinski definition) is 1. The second-order valence-electron chi connectivity index (χ2n) is 4.40. The fourth-order valence-electron chi connectivity index (χ4n) is 1.81. The average Bonchev–Trinajstić information content (AvgIpc) is 2.35. The van der Waals surface area contributed by atoms with Crippen LogP contribution in [0.15, 0.2) is 51.8 Å². The van der Waals surface area contributed by atoms with Gasteiger partial charge < -0.3 is 5.11 Å². The Hall–Kier alpha value is -0.910. The number of thioether (sulfide) groups is 1. The zero-order valence-corrected chi connectivity index (χ0v) is 12.9. The molecule has 0 fully saturated rings. The van der Waals surface area contributed by atoms with Gasteiger partial charge in [-0.2, -0.15) is 0 Å². The monoisotopic (exact) mass is 358 g/mol. The highest BCUT2D eigenvalue weighted by molar-refractivity contribution is 9.10. The van der Waals surface area contributed by atoms with E-state index in [0.29, 0.717) is 11.3 Å². The first-order valence-corrected chi connectivity index (χ1v) is 7.82. The van der Waals surface area contributed by atoms with Crippen LogP contribution in [0, 0.1) is 11.6 Å². The molecule has 1 nitrogen and oxygen atoms in total. The van der Waals surface area contributed by atoms with Gasteiger partial charge in [-0.1, -0.05) is 22.0 Å². The summed E-state index contributed by atoms with van der Waals surface area (Å²) in [4.78, 5) is 1.03. The van der Waals surface area contributed by atoms with Crippen LogP contribution >= 0.6 is 27.7 Å². The molecule has 1 N–H and O–H groups in total. The van der Waals surface area contributed by atoms with E-state index < -0.39 is 17.7 Å². The molecule has 0 aliphatic carbocycles. The molecule has 106 valence electrons. The van der Waals surface area contributed by atoms with Gasteiger partial charge in [0, 0.05) is 21.2 Å². The number of hydrogen-bond acceptors (Lipinski definition) is 2. The Labute approximate surface area is 129 Å². The van der Waals surface area contributed by atoms with Gasteiger partial charge in [0.2, 0.25) is 0 Å². The minimum Gasteiger partial charge on any atom is -0.392 e. The molecule has 0 aliphatic rings. The zero-order chi connectivity index (χ0) is 14.5. The molecule has 1 atom stereocenters. The second-order valence-corrected chi connectivity index (χ2v) is 6.41. The van der Waals surface area contributed by atoms with Crippen molar-refractivity contribution in [2.45, 2.75) is 17.4 Å². The minimum atomic E-state index is -0.653. The van der Waals surface area contributed by atoms with Crippen LogP contribution in [0.2, 0.25) is 0 Å². The predicted molar refractivity (Wildman–Crippen MR) is 80.9 cm³/mol. The number of benzene rings is 2. The van der Waals surface area contributed by atoms with E-state index >= 15 is 0 Å². The molecular weight excluding hydrogens is 346 g/mol. The van der Waals surface area contributed by atoms with Crippen molar-refractivity contribution in [3.8, 4) is 0 Å². The Bertz CT molecular complexity index is 572. The summed E-state index contributed by atoms with van der Waals surface area (Å²) in [7, 11) is 0.